The first-order valence-electron chi connectivity index (χ1n) is 7.79. The van der Waals surface area contributed by atoms with Crippen LogP contribution in [0.15, 0.2) is 78.9 Å². The van der Waals surface area contributed by atoms with Gasteiger partial charge < -0.3 is 9.50 Å². The molecule has 3 aromatic rings. The molecule has 0 fully saturated rings. The van der Waals surface area contributed by atoms with Crippen molar-refractivity contribution in [3.63, 3.8) is 0 Å². The van der Waals surface area contributed by atoms with Crippen molar-refractivity contribution < 1.29 is 25.8 Å². The average molecular weight is 393 g/mol. The Morgan fingerprint density at radius 3 is 1.96 bits per heavy atom. The Hall–Kier alpha value is -3.00. The fraction of sp³-hybridized carbons (Fsp3) is 0.0526. The summed E-state index contributed by atoms with van der Waals surface area (Å²) in [4.78, 5) is 0. The SMILES string of the molecule is O=S(=O)(Oc1ccccc1-c1ccccc1Nc1ccccc1)C(F)(F)F. The fourth-order valence-electron chi connectivity index (χ4n) is 2.43. The van der Waals surface area contributed by atoms with E-state index < -0.39 is 21.4 Å². The normalized spacial score (nSPS) is 11.8. The van der Waals surface area contributed by atoms with E-state index in [1.165, 1.54) is 18.2 Å². The lowest BCUT2D eigenvalue weighted by molar-refractivity contribution is -0.0499. The fourth-order valence-corrected chi connectivity index (χ4v) is 2.91. The molecule has 140 valence electrons. The molecule has 8 heteroatoms. The van der Waals surface area contributed by atoms with E-state index in [-0.39, 0.29) is 5.56 Å². The van der Waals surface area contributed by atoms with Gasteiger partial charge in [0.2, 0.25) is 0 Å². The van der Waals surface area contributed by atoms with Gasteiger partial charge in [-0.2, -0.15) is 21.6 Å². The Balaban J connectivity index is 2.04. The summed E-state index contributed by atoms with van der Waals surface area (Å²) in [5, 5.41) is 3.16. The van der Waals surface area contributed by atoms with E-state index in [1.807, 2.05) is 30.3 Å². The summed E-state index contributed by atoms with van der Waals surface area (Å²) >= 11 is 0. The van der Waals surface area contributed by atoms with Crippen LogP contribution in [0, 0.1) is 0 Å². The van der Waals surface area contributed by atoms with Gasteiger partial charge in [0, 0.05) is 22.5 Å². The summed E-state index contributed by atoms with van der Waals surface area (Å²) in [6.45, 7) is 0. The molecule has 0 aliphatic heterocycles. The first-order chi connectivity index (χ1) is 12.8. The maximum Gasteiger partial charge on any atom is 0.534 e. The molecule has 0 amide bonds. The molecule has 0 aromatic heterocycles. The van der Waals surface area contributed by atoms with E-state index >= 15 is 0 Å². The minimum absolute atomic E-state index is 0.212. The molecule has 1 N–H and O–H groups in total. The van der Waals surface area contributed by atoms with Gasteiger partial charge in [-0.1, -0.05) is 54.6 Å². The van der Waals surface area contributed by atoms with Gasteiger partial charge in [0.15, 0.2) is 5.75 Å². The Morgan fingerprint density at radius 1 is 0.741 bits per heavy atom. The summed E-state index contributed by atoms with van der Waals surface area (Å²) in [6.07, 6.45) is 0. The minimum Gasteiger partial charge on any atom is -0.375 e. The second kappa shape index (κ2) is 7.32. The monoisotopic (exact) mass is 393 g/mol. The molecule has 3 rings (SSSR count). The first-order valence-corrected chi connectivity index (χ1v) is 9.20. The number of nitrogens with one attached hydrogen (secondary N) is 1. The molecule has 0 radical (unpaired) electrons. The maximum atomic E-state index is 12.7. The molecular weight excluding hydrogens is 379 g/mol. The van der Waals surface area contributed by atoms with Crippen LogP contribution in [-0.4, -0.2) is 13.9 Å². The van der Waals surface area contributed by atoms with Crippen molar-refractivity contribution in [3.05, 3.63) is 78.9 Å². The van der Waals surface area contributed by atoms with Gasteiger partial charge in [-0.3, -0.25) is 0 Å². The summed E-state index contributed by atoms with van der Waals surface area (Å²) in [7, 11) is -5.77. The second-order valence-electron chi connectivity index (χ2n) is 5.52. The Bertz CT molecular complexity index is 1040. The minimum atomic E-state index is -5.77. The van der Waals surface area contributed by atoms with E-state index in [9.17, 15) is 21.6 Å². The largest absolute Gasteiger partial charge is 0.534 e. The van der Waals surface area contributed by atoms with Gasteiger partial charge in [-0.05, 0) is 24.3 Å². The molecule has 4 nitrogen and oxygen atoms in total. The highest BCUT2D eigenvalue weighted by Crippen LogP contribution is 2.38. The van der Waals surface area contributed by atoms with E-state index in [1.54, 1.807) is 30.3 Å². The van der Waals surface area contributed by atoms with Crippen LogP contribution in [0.2, 0.25) is 0 Å². The molecule has 0 atom stereocenters. The van der Waals surface area contributed by atoms with E-state index in [4.69, 9.17) is 0 Å². The Kier molecular flexibility index (Phi) is 5.09. The molecule has 0 aliphatic rings. The smallest absolute Gasteiger partial charge is 0.375 e. The van der Waals surface area contributed by atoms with Crippen LogP contribution in [-0.2, 0) is 10.1 Å². The number of halogens is 3. The van der Waals surface area contributed by atoms with Crippen molar-refractivity contribution >= 4 is 21.5 Å². The third kappa shape index (κ3) is 4.22. The third-order valence-corrected chi connectivity index (χ3v) is 4.61. The number of benzene rings is 3. The molecule has 0 saturated heterocycles. The summed E-state index contributed by atoms with van der Waals surface area (Å²) in [5.41, 5.74) is -3.45. The average Bonchev–Trinajstić information content (AvgIpc) is 2.62. The lowest BCUT2D eigenvalue weighted by Crippen LogP contribution is -2.28. The van der Waals surface area contributed by atoms with Gasteiger partial charge in [0.1, 0.15) is 0 Å². The van der Waals surface area contributed by atoms with Crippen LogP contribution in [0.4, 0.5) is 24.5 Å². The number of anilines is 2. The Morgan fingerprint density at radius 2 is 1.30 bits per heavy atom. The summed E-state index contributed by atoms with van der Waals surface area (Å²) in [6, 6.07) is 21.7. The van der Waals surface area contributed by atoms with Crippen molar-refractivity contribution in [2.24, 2.45) is 0 Å². The van der Waals surface area contributed by atoms with Crippen LogP contribution >= 0.6 is 0 Å². The van der Waals surface area contributed by atoms with E-state index in [2.05, 4.69) is 9.50 Å². The molecule has 0 heterocycles. The zero-order valence-corrected chi connectivity index (χ0v) is 14.6. The standard InChI is InChI=1S/C19H14F3NO3S/c20-19(21,22)27(24,25)26-18-13-7-5-11-16(18)15-10-4-6-12-17(15)23-14-8-2-1-3-9-14/h1-13,23H. The first kappa shape index (κ1) is 18.8. The number of hydrogen-bond donors (Lipinski definition) is 1. The van der Waals surface area contributed by atoms with Crippen LogP contribution in [0.1, 0.15) is 0 Å². The van der Waals surface area contributed by atoms with E-state index in [0.717, 1.165) is 5.69 Å². The molecule has 0 unspecified atom stereocenters. The number of alkyl halides is 3. The lowest BCUT2D eigenvalue weighted by Gasteiger charge is -2.16. The van der Waals surface area contributed by atoms with Crippen LogP contribution < -0.4 is 9.50 Å². The van der Waals surface area contributed by atoms with Gasteiger partial charge in [-0.15, -0.1) is 0 Å². The Labute approximate surface area is 154 Å². The second-order valence-corrected chi connectivity index (χ2v) is 7.05. The third-order valence-electron chi connectivity index (χ3n) is 3.64. The quantitative estimate of drug-likeness (QED) is 0.471. The molecule has 27 heavy (non-hydrogen) atoms. The number of para-hydroxylation sites is 3. The van der Waals surface area contributed by atoms with Gasteiger partial charge in [-0.25, -0.2) is 0 Å². The van der Waals surface area contributed by atoms with Crippen LogP contribution in [0.5, 0.6) is 5.75 Å². The number of hydrogen-bond acceptors (Lipinski definition) is 4. The topological polar surface area (TPSA) is 55.4 Å². The van der Waals surface area contributed by atoms with Crippen molar-refractivity contribution in [1.82, 2.24) is 0 Å². The lowest BCUT2D eigenvalue weighted by atomic mass is 10.0. The highest BCUT2D eigenvalue weighted by Gasteiger charge is 2.48. The van der Waals surface area contributed by atoms with Crippen molar-refractivity contribution in [2.75, 3.05) is 5.32 Å². The van der Waals surface area contributed by atoms with Gasteiger partial charge >= 0.3 is 15.6 Å². The molecule has 3 aromatic carbocycles. The van der Waals surface area contributed by atoms with Gasteiger partial charge in [0.25, 0.3) is 0 Å². The highest BCUT2D eigenvalue weighted by atomic mass is 32.2. The highest BCUT2D eigenvalue weighted by molar-refractivity contribution is 7.88. The van der Waals surface area contributed by atoms with Crippen LogP contribution in [0.3, 0.4) is 0 Å². The maximum absolute atomic E-state index is 12.7. The molecule has 0 spiro atoms. The molecule has 0 bridgehead atoms. The predicted octanol–water partition coefficient (Wildman–Crippen LogP) is 5.33. The summed E-state index contributed by atoms with van der Waals surface area (Å²) < 4.78 is 65.3. The van der Waals surface area contributed by atoms with E-state index in [0.29, 0.717) is 11.3 Å². The van der Waals surface area contributed by atoms with Crippen molar-refractivity contribution in [1.29, 1.82) is 0 Å². The molecular formula is C19H14F3NO3S. The zero-order valence-electron chi connectivity index (χ0n) is 13.8. The molecule has 0 saturated carbocycles. The molecule has 0 aliphatic carbocycles. The number of rotatable bonds is 5. The predicted molar refractivity (Wildman–Crippen MR) is 97.2 cm³/mol. The zero-order chi connectivity index (χ0) is 19.5. The van der Waals surface area contributed by atoms with Gasteiger partial charge in [0.05, 0.1) is 0 Å². The van der Waals surface area contributed by atoms with Crippen molar-refractivity contribution in [3.8, 4) is 16.9 Å². The summed E-state index contributed by atoms with van der Waals surface area (Å²) in [5.74, 6) is -0.405. The van der Waals surface area contributed by atoms with Crippen molar-refractivity contribution in [2.45, 2.75) is 5.51 Å². The van der Waals surface area contributed by atoms with Crippen LogP contribution in [0.25, 0.3) is 11.1 Å².